The third-order valence-corrected chi connectivity index (χ3v) is 5.59. The van der Waals surface area contributed by atoms with Gasteiger partial charge in [0.25, 0.3) is 5.91 Å². The molecule has 0 fully saturated rings. The van der Waals surface area contributed by atoms with E-state index in [1.54, 1.807) is 6.21 Å². The summed E-state index contributed by atoms with van der Waals surface area (Å²) in [5.74, 6) is 0.0743. The molecule has 5 nitrogen and oxygen atoms in total. The molecule has 30 heavy (non-hydrogen) atoms. The fourth-order valence-electron chi connectivity index (χ4n) is 3.08. The average Bonchev–Trinajstić information content (AvgIpc) is 3.12. The number of para-hydroxylation sites is 2. The molecule has 0 bridgehead atoms. The zero-order valence-corrected chi connectivity index (χ0v) is 17.5. The van der Waals surface area contributed by atoms with Crippen molar-refractivity contribution >= 4 is 34.9 Å². The summed E-state index contributed by atoms with van der Waals surface area (Å²) in [5.41, 5.74) is 7.89. The second-order valence-corrected chi connectivity index (χ2v) is 7.89. The van der Waals surface area contributed by atoms with Crippen molar-refractivity contribution in [1.29, 1.82) is 0 Å². The van der Waals surface area contributed by atoms with Gasteiger partial charge in [0.15, 0.2) is 5.16 Å². The van der Waals surface area contributed by atoms with Gasteiger partial charge in [-0.05, 0) is 30.2 Å². The standard InChI is InChI=1S/C24H22N4OS/c1-18-11-13-19(14-12-18)15-25-27-23(29)17-30-24-26-21-9-5-6-10-22(21)28(24)16-20-7-3-2-4-8-20/h2-15H,16-17H2,1H3,(H,27,29)/b25-15+. The highest BCUT2D eigenvalue weighted by atomic mass is 32.2. The van der Waals surface area contributed by atoms with Crippen molar-refractivity contribution in [2.75, 3.05) is 5.75 Å². The number of thioether (sulfide) groups is 1. The molecule has 0 spiro atoms. The van der Waals surface area contributed by atoms with Gasteiger partial charge in [-0.15, -0.1) is 0 Å². The van der Waals surface area contributed by atoms with Gasteiger partial charge in [0.2, 0.25) is 0 Å². The summed E-state index contributed by atoms with van der Waals surface area (Å²) in [5, 5.41) is 4.87. The number of fused-ring (bicyclic) bond motifs is 1. The third kappa shape index (κ3) is 4.96. The number of nitrogens with one attached hydrogen (secondary N) is 1. The van der Waals surface area contributed by atoms with E-state index >= 15 is 0 Å². The Labute approximate surface area is 179 Å². The van der Waals surface area contributed by atoms with E-state index in [2.05, 4.69) is 33.3 Å². The second kappa shape index (κ2) is 9.41. The Morgan fingerprint density at radius 2 is 1.77 bits per heavy atom. The minimum atomic E-state index is -0.165. The first kappa shape index (κ1) is 19.9. The summed E-state index contributed by atoms with van der Waals surface area (Å²) in [7, 11) is 0. The molecule has 4 aromatic rings. The number of hydrazone groups is 1. The van der Waals surface area contributed by atoms with E-state index in [9.17, 15) is 4.79 Å². The molecule has 6 heteroatoms. The minimum Gasteiger partial charge on any atom is -0.314 e. The number of aryl methyl sites for hydroxylation is 1. The largest absolute Gasteiger partial charge is 0.314 e. The number of benzene rings is 3. The van der Waals surface area contributed by atoms with Gasteiger partial charge < -0.3 is 4.57 Å². The first-order valence-electron chi connectivity index (χ1n) is 9.69. The molecule has 3 aromatic carbocycles. The molecule has 1 amide bonds. The zero-order valence-electron chi connectivity index (χ0n) is 16.7. The lowest BCUT2D eigenvalue weighted by Gasteiger charge is -2.09. The number of carbonyl (C=O) groups is 1. The van der Waals surface area contributed by atoms with Gasteiger partial charge in [-0.1, -0.05) is 84.1 Å². The third-order valence-electron chi connectivity index (χ3n) is 4.62. The Hall–Kier alpha value is -3.38. The van der Waals surface area contributed by atoms with E-state index in [0.29, 0.717) is 6.54 Å². The van der Waals surface area contributed by atoms with Crippen molar-refractivity contribution < 1.29 is 4.79 Å². The zero-order chi connectivity index (χ0) is 20.8. The van der Waals surface area contributed by atoms with Crippen LogP contribution in [0.2, 0.25) is 0 Å². The summed E-state index contributed by atoms with van der Waals surface area (Å²) in [4.78, 5) is 17.0. The molecule has 1 aromatic heterocycles. The topological polar surface area (TPSA) is 59.3 Å². The van der Waals surface area contributed by atoms with Gasteiger partial charge in [-0.3, -0.25) is 4.79 Å². The maximum absolute atomic E-state index is 12.3. The Balaban J connectivity index is 1.43. The van der Waals surface area contributed by atoms with Crippen LogP contribution in [0.25, 0.3) is 11.0 Å². The van der Waals surface area contributed by atoms with Gasteiger partial charge in [-0.2, -0.15) is 5.10 Å². The van der Waals surface area contributed by atoms with Crippen molar-refractivity contribution in [3.8, 4) is 0 Å². The maximum Gasteiger partial charge on any atom is 0.250 e. The highest BCUT2D eigenvalue weighted by molar-refractivity contribution is 7.99. The van der Waals surface area contributed by atoms with Crippen LogP contribution >= 0.6 is 11.8 Å². The van der Waals surface area contributed by atoms with Crippen LogP contribution in [0.1, 0.15) is 16.7 Å². The lowest BCUT2D eigenvalue weighted by Crippen LogP contribution is -2.20. The van der Waals surface area contributed by atoms with Crippen LogP contribution < -0.4 is 5.43 Å². The van der Waals surface area contributed by atoms with Crippen molar-refractivity contribution in [1.82, 2.24) is 15.0 Å². The Bertz CT molecular complexity index is 1170. The molecular formula is C24H22N4OS. The monoisotopic (exact) mass is 414 g/mol. The van der Waals surface area contributed by atoms with E-state index in [-0.39, 0.29) is 11.7 Å². The summed E-state index contributed by atoms with van der Waals surface area (Å²) in [6.07, 6.45) is 1.65. The average molecular weight is 415 g/mol. The van der Waals surface area contributed by atoms with Crippen LogP contribution in [-0.2, 0) is 11.3 Å². The lowest BCUT2D eigenvalue weighted by atomic mass is 10.2. The van der Waals surface area contributed by atoms with Crippen LogP contribution in [0, 0.1) is 6.92 Å². The number of hydrogen-bond acceptors (Lipinski definition) is 4. The van der Waals surface area contributed by atoms with E-state index in [4.69, 9.17) is 4.98 Å². The molecule has 0 saturated carbocycles. The number of imidazole rings is 1. The van der Waals surface area contributed by atoms with E-state index in [1.165, 1.54) is 22.9 Å². The van der Waals surface area contributed by atoms with Gasteiger partial charge in [0.05, 0.1) is 29.5 Å². The predicted octanol–water partition coefficient (Wildman–Crippen LogP) is 4.64. The van der Waals surface area contributed by atoms with E-state index in [0.717, 1.165) is 21.8 Å². The Morgan fingerprint density at radius 3 is 2.57 bits per heavy atom. The van der Waals surface area contributed by atoms with Gasteiger partial charge >= 0.3 is 0 Å². The van der Waals surface area contributed by atoms with Crippen molar-refractivity contribution in [2.24, 2.45) is 5.10 Å². The minimum absolute atomic E-state index is 0.165. The molecular weight excluding hydrogens is 392 g/mol. The quantitative estimate of drug-likeness (QED) is 0.272. The fourth-order valence-corrected chi connectivity index (χ4v) is 3.88. The van der Waals surface area contributed by atoms with Crippen molar-refractivity contribution in [3.05, 3.63) is 95.6 Å². The molecule has 0 radical (unpaired) electrons. The molecule has 0 unspecified atom stereocenters. The highest BCUT2D eigenvalue weighted by Crippen LogP contribution is 2.25. The van der Waals surface area contributed by atoms with Gasteiger partial charge in [-0.25, -0.2) is 10.4 Å². The van der Waals surface area contributed by atoms with Crippen molar-refractivity contribution in [2.45, 2.75) is 18.6 Å². The lowest BCUT2D eigenvalue weighted by molar-refractivity contribution is -0.118. The molecule has 4 rings (SSSR count). The molecule has 0 aliphatic carbocycles. The Morgan fingerprint density at radius 1 is 1.03 bits per heavy atom. The molecule has 0 saturated heterocycles. The molecule has 0 atom stereocenters. The first-order valence-corrected chi connectivity index (χ1v) is 10.7. The van der Waals surface area contributed by atoms with Crippen molar-refractivity contribution in [3.63, 3.8) is 0 Å². The fraction of sp³-hybridized carbons (Fsp3) is 0.125. The normalized spacial score (nSPS) is 11.2. The smallest absolute Gasteiger partial charge is 0.250 e. The van der Waals surface area contributed by atoms with Crippen LogP contribution in [0.5, 0.6) is 0 Å². The van der Waals surface area contributed by atoms with E-state index < -0.39 is 0 Å². The van der Waals surface area contributed by atoms with Crippen LogP contribution in [0.4, 0.5) is 0 Å². The summed E-state index contributed by atoms with van der Waals surface area (Å²) in [6.45, 7) is 2.74. The SMILES string of the molecule is Cc1ccc(/C=N/NC(=O)CSc2nc3ccccc3n2Cc2ccccc2)cc1. The number of amides is 1. The summed E-state index contributed by atoms with van der Waals surface area (Å²) >= 11 is 1.41. The van der Waals surface area contributed by atoms with E-state index in [1.807, 2.05) is 67.6 Å². The summed E-state index contributed by atoms with van der Waals surface area (Å²) in [6, 6.07) is 26.2. The number of carbonyl (C=O) groups excluding carboxylic acids is 1. The van der Waals surface area contributed by atoms with Gasteiger partial charge in [0, 0.05) is 0 Å². The molecule has 1 heterocycles. The number of aromatic nitrogens is 2. The first-order chi connectivity index (χ1) is 14.7. The molecule has 1 N–H and O–H groups in total. The highest BCUT2D eigenvalue weighted by Gasteiger charge is 2.13. The van der Waals surface area contributed by atoms with Crippen LogP contribution in [0.15, 0.2) is 89.1 Å². The molecule has 0 aliphatic heterocycles. The predicted molar refractivity (Wildman–Crippen MR) is 123 cm³/mol. The maximum atomic E-state index is 12.3. The second-order valence-electron chi connectivity index (χ2n) is 6.95. The number of nitrogens with zero attached hydrogens (tertiary/aromatic N) is 3. The molecule has 150 valence electrons. The van der Waals surface area contributed by atoms with Gasteiger partial charge in [0.1, 0.15) is 0 Å². The summed E-state index contributed by atoms with van der Waals surface area (Å²) < 4.78 is 2.15. The van der Waals surface area contributed by atoms with Crippen LogP contribution in [-0.4, -0.2) is 27.4 Å². The Kier molecular flexibility index (Phi) is 6.25. The molecule has 0 aliphatic rings. The number of hydrogen-bond donors (Lipinski definition) is 1. The number of rotatable bonds is 7. The van der Waals surface area contributed by atoms with Crippen LogP contribution in [0.3, 0.4) is 0 Å².